The third kappa shape index (κ3) is 5.29. The molecule has 0 heterocycles. The smallest absolute Gasteiger partial charge is 0.308 e. The highest BCUT2D eigenvalue weighted by Gasteiger charge is 2.10. The Labute approximate surface area is 108 Å². The first-order valence-corrected chi connectivity index (χ1v) is 6.19. The summed E-state index contributed by atoms with van der Waals surface area (Å²) in [5, 5.41) is 12.7. The topological polar surface area (TPSA) is 58.6 Å². The third-order valence-corrected chi connectivity index (χ3v) is 2.77. The zero-order valence-electron chi connectivity index (χ0n) is 11.0. The summed E-state index contributed by atoms with van der Waals surface area (Å²) in [7, 11) is 1.32. The number of methoxy groups -OCH3 is 1. The molecular weight excluding hydrogens is 230 g/mol. The van der Waals surface area contributed by atoms with Crippen LogP contribution in [-0.4, -0.2) is 30.8 Å². The Morgan fingerprint density at radius 1 is 1.33 bits per heavy atom. The minimum atomic E-state index is -0.702. The maximum Gasteiger partial charge on any atom is 0.308 e. The van der Waals surface area contributed by atoms with Crippen LogP contribution in [0.5, 0.6) is 0 Å². The summed E-state index contributed by atoms with van der Waals surface area (Å²) in [6.45, 7) is 3.18. The first-order valence-electron chi connectivity index (χ1n) is 6.19. The summed E-state index contributed by atoms with van der Waals surface area (Å²) < 4.78 is 4.48. The number of aliphatic hydroxyl groups excluding tert-OH is 1. The Balaban J connectivity index is 2.26. The Bertz CT molecular complexity index is 362. The molecule has 4 heteroatoms. The number of benzene rings is 1. The van der Waals surface area contributed by atoms with Crippen molar-refractivity contribution in [2.75, 3.05) is 13.7 Å². The van der Waals surface area contributed by atoms with Crippen LogP contribution in [0.4, 0.5) is 0 Å². The molecule has 0 fully saturated rings. The van der Waals surface area contributed by atoms with Gasteiger partial charge in [0.25, 0.3) is 0 Å². The van der Waals surface area contributed by atoms with Gasteiger partial charge >= 0.3 is 5.97 Å². The van der Waals surface area contributed by atoms with E-state index in [4.69, 9.17) is 0 Å². The Morgan fingerprint density at radius 3 is 2.50 bits per heavy atom. The predicted molar refractivity (Wildman–Crippen MR) is 70.2 cm³/mol. The van der Waals surface area contributed by atoms with Gasteiger partial charge in [-0.05, 0) is 17.5 Å². The van der Waals surface area contributed by atoms with E-state index in [9.17, 15) is 9.90 Å². The van der Waals surface area contributed by atoms with Crippen LogP contribution in [0, 0.1) is 0 Å². The van der Waals surface area contributed by atoms with Crippen molar-refractivity contribution in [1.82, 2.24) is 5.32 Å². The van der Waals surface area contributed by atoms with Crippen molar-refractivity contribution >= 4 is 5.97 Å². The normalized spacial score (nSPS) is 12.2. The van der Waals surface area contributed by atoms with Crippen molar-refractivity contribution in [3.05, 3.63) is 35.4 Å². The number of hydrogen-bond donors (Lipinski definition) is 2. The Morgan fingerprint density at radius 2 is 1.94 bits per heavy atom. The standard InChI is InChI=1S/C14H21NO3/c1-3-11-4-6-12(7-5-11)9-15-10-13(16)8-14(17)18-2/h4-7,13,15-16H,3,8-10H2,1-2H3. The van der Waals surface area contributed by atoms with Crippen LogP contribution in [-0.2, 0) is 22.5 Å². The summed E-state index contributed by atoms with van der Waals surface area (Å²) in [5.41, 5.74) is 2.47. The summed E-state index contributed by atoms with van der Waals surface area (Å²) >= 11 is 0. The molecule has 0 radical (unpaired) electrons. The van der Waals surface area contributed by atoms with Crippen LogP contribution in [0.2, 0.25) is 0 Å². The Hall–Kier alpha value is -1.39. The second-order valence-electron chi connectivity index (χ2n) is 4.24. The van der Waals surface area contributed by atoms with E-state index in [1.165, 1.54) is 12.7 Å². The SMILES string of the molecule is CCc1ccc(CNCC(O)CC(=O)OC)cc1. The number of carbonyl (C=O) groups is 1. The van der Waals surface area contributed by atoms with Crippen molar-refractivity contribution in [2.45, 2.75) is 32.4 Å². The molecule has 1 atom stereocenters. The third-order valence-electron chi connectivity index (χ3n) is 2.77. The average Bonchev–Trinajstić information content (AvgIpc) is 2.39. The van der Waals surface area contributed by atoms with Crippen LogP contribution in [0.3, 0.4) is 0 Å². The minimum Gasteiger partial charge on any atom is -0.469 e. The largest absolute Gasteiger partial charge is 0.469 e. The molecule has 0 aliphatic carbocycles. The minimum absolute atomic E-state index is 0.0261. The van der Waals surface area contributed by atoms with Crippen molar-refractivity contribution in [3.8, 4) is 0 Å². The highest BCUT2D eigenvalue weighted by atomic mass is 16.5. The van der Waals surface area contributed by atoms with Gasteiger partial charge in [-0.2, -0.15) is 0 Å². The zero-order chi connectivity index (χ0) is 13.4. The quantitative estimate of drug-likeness (QED) is 0.716. The van der Waals surface area contributed by atoms with E-state index in [1.807, 2.05) is 0 Å². The fourth-order valence-corrected chi connectivity index (χ4v) is 1.62. The van der Waals surface area contributed by atoms with Crippen molar-refractivity contribution in [2.24, 2.45) is 0 Å². The molecule has 0 bridgehead atoms. The molecule has 0 amide bonds. The van der Waals surface area contributed by atoms with E-state index in [2.05, 4.69) is 41.2 Å². The second kappa shape index (κ2) is 7.84. The van der Waals surface area contributed by atoms with Crippen LogP contribution in [0.15, 0.2) is 24.3 Å². The van der Waals surface area contributed by atoms with Crippen molar-refractivity contribution in [3.63, 3.8) is 0 Å². The van der Waals surface area contributed by atoms with Gasteiger partial charge in [-0.3, -0.25) is 4.79 Å². The van der Waals surface area contributed by atoms with E-state index in [0.717, 1.165) is 12.0 Å². The van der Waals surface area contributed by atoms with E-state index in [1.54, 1.807) is 0 Å². The molecule has 1 aromatic carbocycles. The number of nitrogens with one attached hydrogen (secondary N) is 1. The molecule has 4 nitrogen and oxygen atoms in total. The lowest BCUT2D eigenvalue weighted by Crippen LogP contribution is -2.28. The molecule has 0 aliphatic heterocycles. The fraction of sp³-hybridized carbons (Fsp3) is 0.500. The number of esters is 1. The van der Waals surface area contributed by atoms with Crippen molar-refractivity contribution < 1.29 is 14.6 Å². The lowest BCUT2D eigenvalue weighted by molar-refractivity contribution is -0.142. The maximum atomic E-state index is 10.9. The first-order chi connectivity index (χ1) is 8.65. The zero-order valence-corrected chi connectivity index (χ0v) is 11.0. The number of aryl methyl sites for hydroxylation is 1. The van der Waals surface area contributed by atoms with E-state index in [0.29, 0.717) is 13.1 Å². The lowest BCUT2D eigenvalue weighted by Gasteiger charge is -2.10. The summed E-state index contributed by atoms with van der Waals surface area (Å²) in [4.78, 5) is 10.9. The molecule has 0 spiro atoms. The number of ether oxygens (including phenoxy) is 1. The Kier molecular flexibility index (Phi) is 6.39. The summed E-state index contributed by atoms with van der Waals surface area (Å²) in [6, 6.07) is 8.33. The van der Waals surface area contributed by atoms with Crippen LogP contribution >= 0.6 is 0 Å². The molecule has 0 saturated carbocycles. The predicted octanol–water partition coefficient (Wildman–Crippen LogP) is 1.26. The first kappa shape index (κ1) is 14.7. The van der Waals surface area contributed by atoms with E-state index >= 15 is 0 Å². The van der Waals surface area contributed by atoms with Gasteiger partial charge in [0, 0.05) is 13.1 Å². The van der Waals surface area contributed by atoms with Gasteiger partial charge in [0.1, 0.15) is 0 Å². The van der Waals surface area contributed by atoms with Crippen molar-refractivity contribution in [1.29, 1.82) is 0 Å². The van der Waals surface area contributed by atoms with Gasteiger partial charge in [-0.25, -0.2) is 0 Å². The molecular formula is C14H21NO3. The fourth-order valence-electron chi connectivity index (χ4n) is 1.62. The molecule has 1 aromatic rings. The molecule has 1 rings (SSSR count). The van der Waals surface area contributed by atoms with Gasteiger partial charge in [0.05, 0.1) is 19.6 Å². The molecule has 18 heavy (non-hydrogen) atoms. The molecule has 0 aliphatic rings. The molecule has 1 unspecified atom stereocenters. The number of aliphatic hydroxyl groups is 1. The van der Waals surface area contributed by atoms with E-state index < -0.39 is 12.1 Å². The van der Waals surface area contributed by atoms with Gasteiger partial charge in [-0.15, -0.1) is 0 Å². The monoisotopic (exact) mass is 251 g/mol. The molecule has 2 N–H and O–H groups in total. The van der Waals surface area contributed by atoms with Gasteiger partial charge < -0.3 is 15.2 Å². The second-order valence-corrected chi connectivity index (χ2v) is 4.24. The van der Waals surface area contributed by atoms with Gasteiger partial charge in [0.15, 0.2) is 0 Å². The maximum absolute atomic E-state index is 10.9. The van der Waals surface area contributed by atoms with E-state index in [-0.39, 0.29) is 6.42 Å². The van der Waals surface area contributed by atoms with Crippen LogP contribution in [0.1, 0.15) is 24.5 Å². The van der Waals surface area contributed by atoms with Gasteiger partial charge in [0.2, 0.25) is 0 Å². The van der Waals surface area contributed by atoms with Crippen LogP contribution in [0.25, 0.3) is 0 Å². The van der Waals surface area contributed by atoms with Gasteiger partial charge in [-0.1, -0.05) is 31.2 Å². The summed E-state index contributed by atoms with van der Waals surface area (Å²) in [5.74, 6) is -0.392. The molecule has 100 valence electrons. The number of rotatable bonds is 7. The molecule has 0 saturated heterocycles. The number of hydrogen-bond acceptors (Lipinski definition) is 4. The highest BCUT2D eigenvalue weighted by Crippen LogP contribution is 2.04. The lowest BCUT2D eigenvalue weighted by atomic mass is 10.1. The average molecular weight is 251 g/mol. The highest BCUT2D eigenvalue weighted by molar-refractivity contribution is 5.69. The molecule has 0 aromatic heterocycles. The van der Waals surface area contributed by atoms with Crippen LogP contribution < -0.4 is 5.32 Å². The number of carbonyl (C=O) groups excluding carboxylic acids is 1. The summed E-state index contributed by atoms with van der Waals surface area (Å²) in [6.07, 6.45) is 0.358.